The van der Waals surface area contributed by atoms with Crippen LogP contribution in [0.5, 0.6) is 0 Å². The molecule has 0 aromatic carbocycles. The first-order valence-corrected chi connectivity index (χ1v) is 8.21. The maximum Gasteiger partial charge on any atom is 0.326 e. The molecular formula is C12H20N4O5S. The molecule has 0 unspecified atom stereocenters. The first-order chi connectivity index (χ1) is 10.1. The van der Waals surface area contributed by atoms with Gasteiger partial charge in [-0.25, -0.2) is 18.4 Å². The van der Waals surface area contributed by atoms with E-state index >= 15 is 0 Å². The summed E-state index contributed by atoms with van der Waals surface area (Å²) < 4.78 is 23.4. The second kappa shape index (κ2) is 7.36. The summed E-state index contributed by atoms with van der Waals surface area (Å²) in [5.74, 6) is -1.40. The van der Waals surface area contributed by atoms with Crippen LogP contribution < -0.4 is 10.5 Å². The van der Waals surface area contributed by atoms with Crippen LogP contribution in [0.25, 0.3) is 0 Å². The van der Waals surface area contributed by atoms with Crippen LogP contribution in [-0.2, 0) is 26.2 Å². The van der Waals surface area contributed by atoms with Crippen molar-refractivity contribution in [3.8, 4) is 0 Å². The minimum Gasteiger partial charge on any atom is -0.480 e. The SMILES string of the molecule is CC(C)C[C@@H](NC(=O)CCn1cc(S(N)(=O)=O)cn1)C(=O)O. The van der Waals surface area contributed by atoms with E-state index in [2.05, 4.69) is 10.4 Å². The van der Waals surface area contributed by atoms with Crippen molar-refractivity contribution in [2.45, 2.75) is 44.2 Å². The Labute approximate surface area is 128 Å². The van der Waals surface area contributed by atoms with Gasteiger partial charge in [0, 0.05) is 19.2 Å². The third kappa shape index (κ3) is 5.82. The molecule has 1 amide bonds. The molecule has 0 aliphatic carbocycles. The number of carboxylic acid groups (broad SMARTS) is 1. The van der Waals surface area contributed by atoms with Crippen molar-refractivity contribution in [2.75, 3.05) is 0 Å². The molecule has 0 saturated carbocycles. The Morgan fingerprint density at radius 1 is 1.45 bits per heavy atom. The van der Waals surface area contributed by atoms with Crippen LogP contribution >= 0.6 is 0 Å². The number of carboxylic acids is 1. The minimum atomic E-state index is -3.83. The van der Waals surface area contributed by atoms with E-state index in [-0.39, 0.29) is 23.8 Å². The maximum atomic E-state index is 11.8. The van der Waals surface area contributed by atoms with Gasteiger partial charge in [-0.3, -0.25) is 9.48 Å². The van der Waals surface area contributed by atoms with Crippen molar-refractivity contribution in [1.82, 2.24) is 15.1 Å². The number of aryl methyl sites for hydroxylation is 1. The summed E-state index contributed by atoms with van der Waals surface area (Å²) in [5, 5.41) is 20.2. The average Bonchev–Trinajstić information content (AvgIpc) is 2.83. The van der Waals surface area contributed by atoms with Gasteiger partial charge >= 0.3 is 5.97 Å². The minimum absolute atomic E-state index is 0.0202. The molecule has 0 saturated heterocycles. The van der Waals surface area contributed by atoms with Crippen LogP contribution in [0.15, 0.2) is 17.3 Å². The van der Waals surface area contributed by atoms with Crippen molar-refractivity contribution in [3.05, 3.63) is 12.4 Å². The van der Waals surface area contributed by atoms with Crippen molar-refractivity contribution >= 4 is 21.9 Å². The zero-order valence-electron chi connectivity index (χ0n) is 12.4. The highest BCUT2D eigenvalue weighted by Crippen LogP contribution is 2.06. The number of hydrogen-bond donors (Lipinski definition) is 3. The molecule has 0 aliphatic rings. The molecule has 4 N–H and O–H groups in total. The van der Waals surface area contributed by atoms with Gasteiger partial charge in [0.25, 0.3) is 0 Å². The molecule has 22 heavy (non-hydrogen) atoms. The summed E-state index contributed by atoms with van der Waals surface area (Å²) in [5.41, 5.74) is 0. The third-order valence-corrected chi connectivity index (χ3v) is 3.71. The van der Waals surface area contributed by atoms with Crippen molar-refractivity contribution in [2.24, 2.45) is 11.1 Å². The molecule has 0 radical (unpaired) electrons. The van der Waals surface area contributed by atoms with E-state index in [4.69, 9.17) is 10.2 Å². The summed E-state index contributed by atoms with van der Waals surface area (Å²) in [6, 6.07) is -0.940. The van der Waals surface area contributed by atoms with Crippen LogP contribution in [0.2, 0.25) is 0 Å². The number of rotatable bonds is 8. The number of nitrogens with one attached hydrogen (secondary N) is 1. The second-order valence-electron chi connectivity index (χ2n) is 5.32. The molecular weight excluding hydrogens is 312 g/mol. The molecule has 0 fully saturated rings. The van der Waals surface area contributed by atoms with Gasteiger partial charge in [0.15, 0.2) is 0 Å². The van der Waals surface area contributed by atoms with Gasteiger partial charge in [-0.05, 0) is 12.3 Å². The monoisotopic (exact) mass is 332 g/mol. The normalized spacial score (nSPS) is 13.1. The van der Waals surface area contributed by atoms with Crippen LogP contribution in [0.4, 0.5) is 0 Å². The number of amides is 1. The molecule has 0 bridgehead atoms. The number of primary sulfonamides is 1. The number of carbonyl (C=O) groups excluding carboxylic acids is 1. The lowest BCUT2D eigenvalue weighted by atomic mass is 10.0. The molecule has 1 heterocycles. The first-order valence-electron chi connectivity index (χ1n) is 6.67. The molecule has 9 nitrogen and oxygen atoms in total. The fraction of sp³-hybridized carbons (Fsp3) is 0.583. The highest BCUT2D eigenvalue weighted by Gasteiger charge is 2.21. The van der Waals surface area contributed by atoms with Gasteiger partial charge in [-0.15, -0.1) is 0 Å². The smallest absolute Gasteiger partial charge is 0.326 e. The van der Waals surface area contributed by atoms with Gasteiger partial charge in [-0.2, -0.15) is 5.10 Å². The van der Waals surface area contributed by atoms with Crippen molar-refractivity contribution in [1.29, 1.82) is 0 Å². The Morgan fingerprint density at radius 3 is 2.55 bits per heavy atom. The van der Waals surface area contributed by atoms with Gasteiger partial charge < -0.3 is 10.4 Å². The Kier molecular flexibility index (Phi) is 6.06. The maximum absolute atomic E-state index is 11.8. The molecule has 0 spiro atoms. The molecule has 0 aliphatic heterocycles. The van der Waals surface area contributed by atoms with E-state index in [9.17, 15) is 18.0 Å². The number of sulfonamides is 1. The lowest BCUT2D eigenvalue weighted by molar-refractivity contribution is -0.142. The number of aliphatic carboxylic acids is 1. The van der Waals surface area contributed by atoms with E-state index < -0.39 is 27.9 Å². The summed E-state index contributed by atoms with van der Waals surface area (Å²) in [6.07, 6.45) is 2.61. The van der Waals surface area contributed by atoms with E-state index in [1.54, 1.807) is 0 Å². The van der Waals surface area contributed by atoms with Gasteiger partial charge in [0.1, 0.15) is 10.9 Å². The number of nitrogens with zero attached hydrogens (tertiary/aromatic N) is 2. The summed E-state index contributed by atoms with van der Waals surface area (Å²) >= 11 is 0. The predicted octanol–water partition coefficient (Wildman–Crippen LogP) is -0.464. The largest absolute Gasteiger partial charge is 0.480 e. The van der Waals surface area contributed by atoms with E-state index in [1.165, 1.54) is 10.9 Å². The molecule has 1 atom stereocenters. The Morgan fingerprint density at radius 2 is 2.09 bits per heavy atom. The van der Waals surface area contributed by atoms with Gasteiger partial charge in [0.2, 0.25) is 15.9 Å². The molecule has 1 aromatic rings. The van der Waals surface area contributed by atoms with Crippen LogP contribution in [0.1, 0.15) is 26.7 Å². The zero-order chi connectivity index (χ0) is 16.9. The summed E-state index contributed by atoms with van der Waals surface area (Å²) in [7, 11) is -3.83. The van der Waals surface area contributed by atoms with E-state index in [1.807, 2.05) is 13.8 Å². The Balaban J connectivity index is 2.55. The number of aromatic nitrogens is 2. The van der Waals surface area contributed by atoms with Gasteiger partial charge in [-0.1, -0.05) is 13.8 Å². The fourth-order valence-corrected chi connectivity index (χ4v) is 2.25. The lowest BCUT2D eigenvalue weighted by Gasteiger charge is -2.16. The topological polar surface area (TPSA) is 144 Å². The van der Waals surface area contributed by atoms with Crippen LogP contribution in [0, 0.1) is 5.92 Å². The van der Waals surface area contributed by atoms with E-state index in [0.717, 1.165) is 6.20 Å². The highest BCUT2D eigenvalue weighted by atomic mass is 32.2. The number of nitrogens with two attached hydrogens (primary N) is 1. The number of hydrogen-bond acceptors (Lipinski definition) is 5. The Hall–Kier alpha value is -1.94. The summed E-state index contributed by atoms with van der Waals surface area (Å²) in [6.45, 7) is 3.84. The van der Waals surface area contributed by atoms with Crippen molar-refractivity contribution < 1.29 is 23.1 Å². The predicted molar refractivity (Wildman–Crippen MR) is 77.2 cm³/mol. The number of carbonyl (C=O) groups is 2. The molecule has 10 heteroatoms. The third-order valence-electron chi connectivity index (χ3n) is 2.85. The zero-order valence-corrected chi connectivity index (χ0v) is 13.2. The van der Waals surface area contributed by atoms with Crippen LogP contribution in [-0.4, -0.2) is 41.2 Å². The molecule has 1 aromatic heterocycles. The lowest BCUT2D eigenvalue weighted by Crippen LogP contribution is -2.41. The van der Waals surface area contributed by atoms with Gasteiger partial charge in [0.05, 0.1) is 6.20 Å². The van der Waals surface area contributed by atoms with Crippen molar-refractivity contribution in [3.63, 3.8) is 0 Å². The standard InChI is InChI=1S/C12H20N4O5S/c1-8(2)5-10(12(18)19)15-11(17)3-4-16-7-9(6-14-16)22(13,20)21/h6-8,10H,3-5H2,1-2H3,(H,15,17)(H,18,19)(H2,13,20,21)/t10-/m1/s1. The quantitative estimate of drug-likeness (QED) is 0.587. The summed E-state index contributed by atoms with van der Waals surface area (Å²) in [4.78, 5) is 22.7. The highest BCUT2D eigenvalue weighted by molar-refractivity contribution is 7.89. The molecule has 1 rings (SSSR count). The molecule has 124 valence electrons. The average molecular weight is 332 g/mol. The van der Waals surface area contributed by atoms with Crippen LogP contribution in [0.3, 0.4) is 0 Å². The van der Waals surface area contributed by atoms with E-state index in [0.29, 0.717) is 6.42 Å². The first kappa shape index (κ1) is 18.1. The Bertz CT molecular complexity index is 638. The fourth-order valence-electron chi connectivity index (χ4n) is 1.79. The second-order valence-corrected chi connectivity index (χ2v) is 6.88.